The lowest BCUT2D eigenvalue weighted by molar-refractivity contribution is -0.383. The van der Waals surface area contributed by atoms with Crippen molar-refractivity contribution in [2.45, 2.75) is 26.4 Å². The maximum atomic E-state index is 11.9. The molecule has 0 spiro atoms. The Morgan fingerprint density at radius 3 is 2.86 bits per heavy atom. The molecule has 1 amide bonds. The number of nitro groups is 1. The first-order chi connectivity index (χ1) is 9.78. The second kappa shape index (κ2) is 5.61. The van der Waals surface area contributed by atoms with Crippen LogP contribution in [0.1, 0.15) is 31.2 Å². The number of nitrogens with zero attached hydrogens (tertiary/aromatic N) is 2. The van der Waals surface area contributed by atoms with Crippen molar-refractivity contribution in [3.63, 3.8) is 0 Å². The molecule has 0 saturated carbocycles. The Morgan fingerprint density at radius 1 is 1.67 bits per heavy atom. The van der Waals surface area contributed by atoms with Crippen LogP contribution >= 0.6 is 11.3 Å². The summed E-state index contributed by atoms with van der Waals surface area (Å²) in [5.41, 5.74) is -0.547. The number of aliphatic hydroxyl groups is 1. The van der Waals surface area contributed by atoms with Crippen molar-refractivity contribution < 1.29 is 14.8 Å². The van der Waals surface area contributed by atoms with Crippen molar-refractivity contribution in [3.8, 4) is 0 Å². The Labute approximate surface area is 126 Å². The van der Waals surface area contributed by atoms with Crippen LogP contribution in [0.3, 0.4) is 0 Å². The molecule has 2 N–H and O–H groups in total. The maximum absolute atomic E-state index is 11.9. The van der Waals surface area contributed by atoms with Crippen molar-refractivity contribution in [1.29, 1.82) is 0 Å². The zero-order valence-electron chi connectivity index (χ0n) is 12.3. The summed E-state index contributed by atoms with van der Waals surface area (Å²) in [6.07, 6.45) is -0.0958. The molecule has 1 aliphatic heterocycles. The summed E-state index contributed by atoms with van der Waals surface area (Å²) in [4.78, 5) is 25.1. The highest BCUT2D eigenvalue weighted by molar-refractivity contribution is 7.16. The van der Waals surface area contributed by atoms with E-state index in [1.54, 1.807) is 14.0 Å². The topological polar surface area (TPSA) is 95.7 Å². The summed E-state index contributed by atoms with van der Waals surface area (Å²) >= 11 is 1.22. The predicted octanol–water partition coefficient (Wildman–Crippen LogP) is 1.67. The SMILES string of the molecule is CNC(=O)C1(C)CCN(c2sc([C@@H](C)O)cc2[N+](=O)[O-])C1. The summed E-state index contributed by atoms with van der Waals surface area (Å²) in [7, 11) is 1.59. The van der Waals surface area contributed by atoms with Crippen LogP contribution in [0.2, 0.25) is 0 Å². The van der Waals surface area contributed by atoms with E-state index in [9.17, 15) is 20.0 Å². The van der Waals surface area contributed by atoms with Crippen molar-refractivity contribution in [2.24, 2.45) is 5.41 Å². The van der Waals surface area contributed by atoms with Crippen LogP contribution in [-0.2, 0) is 4.79 Å². The van der Waals surface area contributed by atoms with E-state index in [2.05, 4.69) is 5.32 Å². The molecular weight excluding hydrogens is 294 g/mol. The number of nitrogens with one attached hydrogen (secondary N) is 1. The minimum absolute atomic E-state index is 0.00273. The average Bonchev–Trinajstić information content (AvgIpc) is 3.02. The van der Waals surface area contributed by atoms with E-state index in [4.69, 9.17) is 0 Å². The summed E-state index contributed by atoms with van der Waals surface area (Å²) in [5, 5.41) is 24.0. The Hall–Kier alpha value is -1.67. The molecule has 1 saturated heterocycles. The molecule has 8 heteroatoms. The fraction of sp³-hybridized carbons (Fsp3) is 0.615. The first-order valence-corrected chi connectivity index (χ1v) is 7.53. The number of rotatable bonds is 4. The molecule has 116 valence electrons. The molecular formula is C13H19N3O4S. The molecule has 0 bridgehead atoms. The third-order valence-corrected chi connectivity index (χ3v) is 5.21. The Balaban J connectivity index is 2.31. The van der Waals surface area contributed by atoms with E-state index in [1.165, 1.54) is 17.4 Å². The normalized spacial score (nSPS) is 23.1. The summed E-state index contributed by atoms with van der Waals surface area (Å²) in [6.45, 7) is 4.47. The van der Waals surface area contributed by atoms with Crippen LogP contribution in [-0.4, -0.2) is 36.1 Å². The van der Waals surface area contributed by atoms with Gasteiger partial charge in [0.15, 0.2) is 5.00 Å². The highest BCUT2D eigenvalue weighted by Gasteiger charge is 2.42. The van der Waals surface area contributed by atoms with Crippen LogP contribution in [0.4, 0.5) is 10.7 Å². The minimum Gasteiger partial charge on any atom is -0.388 e. The van der Waals surface area contributed by atoms with Gasteiger partial charge in [-0.15, -0.1) is 11.3 Å². The lowest BCUT2D eigenvalue weighted by Crippen LogP contribution is -2.39. The quantitative estimate of drug-likeness (QED) is 0.651. The van der Waals surface area contributed by atoms with Gasteiger partial charge in [-0.25, -0.2) is 0 Å². The number of aliphatic hydroxyl groups excluding tert-OH is 1. The van der Waals surface area contributed by atoms with E-state index in [0.717, 1.165) is 0 Å². The van der Waals surface area contributed by atoms with Crippen molar-refractivity contribution in [3.05, 3.63) is 21.1 Å². The largest absolute Gasteiger partial charge is 0.388 e. The first-order valence-electron chi connectivity index (χ1n) is 6.72. The van der Waals surface area contributed by atoms with E-state index in [0.29, 0.717) is 29.4 Å². The molecule has 2 heterocycles. The van der Waals surface area contributed by atoms with Crippen LogP contribution in [0, 0.1) is 15.5 Å². The van der Waals surface area contributed by atoms with Gasteiger partial charge in [0, 0.05) is 31.1 Å². The Kier molecular flexibility index (Phi) is 4.20. The highest BCUT2D eigenvalue weighted by Crippen LogP contribution is 2.44. The number of carbonyl (C=O) groups is 1. The van der Waals surface area contributed by atoms with Crippen molar-refractivity contribution in [2.75, 3.05) is 25.0 Å². The van der Waals surface area contributed by atoms with Gasteiger partial charge in [-0.1, -0.05) is 0 Å². The lowest BCUT2D eigenvalue weighted by atomic mass is 9.89. The predicted molar refractivity (Wildman–Crippen MR) is 80.6 cm³/mol. The molecule has 7 nitrogen and oxygen atoms in total. The summed E-state index contributed by atoms with van der Waals surface area (Å²) in [5.74, 6) is -0.0556. The van der Waals surface area contributed by atoms with Crippen LogP contribution in [0.15, 0.2) is 6.07 Å². The molecule has 21 heavy (non-hydrogen) atoms. The molecule has 1 aliphatic rings. The lowest BCUT2D eigenvalue weighted by Gasteiger charge is -2.22. The molecule has 1 fully saturated rings. The van der Waals surface area contributed by atoms with Crippen molar-refractivity contribution >= 4 is 27.9 Å². The Morgan fingerprint density at radius 2 is 2.33 bits per heavy atom. The van der Waals surface area contributed by atoms with Gasteiger partial charge in [0.25, 0.3) is 0 Å². The third kappa shape index (κ3) is 2.86. The number of thiophene rings is 1. The van der Waals surface area contributed by atoms with Gasteiger partial charge in [-0.05, 0) is 20.3 Å². The molecule has 0 aromatic carbocycles. The van der Waals surface area contributed by atoms with Gasteiger partial charge in [-0.2, -0.15) is 0 Å². The molecule has 2 rings (SSSR count). The van der Waals surface area contributed by atoms with Crippen LogP contribution in [0.25, 0.3) is 0 Å². The fourth-order valence-electron chi connectivity index (χ4n) is 2.57. The van der Waals surface area contributed by atoms with Gasteiger partial charge in [0.05, 0.1) is 16.4 Å². The van der Waals surface area contributed by atoms with E-state index >= 15 is 0 Å². The molecule has 1 aromatic rings. The Bertz CT molecular complexity index is 572. The summed E-state index contributed by atoms with van der Waals surface area (Å²) in [6, 6.07) is 1.42. The average molecular weight is 313 g/mol. The molecule has 1 aromatic heterocycles. The summed E-state index contributed by atoms with van der Waals surface area (Å²) < 4.78 is 0. The van der Waals surface area contributed by atoms with E-state index in [1.807, 2.05) is 11.8 Å². The molecule has 0 radical (unpaired) electrons. The smallest absolute Gasteiger partial charge is 0.304 e. The minimum atomic E-state index is -0.740. The van der Waals surface area contributed by atoms with Gasteiger partial charge in [0.1, 0.15) is 0 Å². The van der Waals surface area contributed by atoms with E-state index < -0.39 is 16.4 Å². The van der Waals surface area contributed by atoms with Crippen LogP contribution in [0.5, 0.6) is 0 Å². The zero-order chi connectivity index (χ0) is 15.8. The monoisotopic (exact) mass is 313 g/mol. The second-order valence-corrected chi connectivity index (χ2v) is 6.65. The van der Waals surface area contributed by atoms with Crippen molar-refractivity contribution in [1.82, 2.24) is 5.32 Å². The number of hydrogen-bond donors (Lipinski definition) is 2. The van der Waals surface area contributed by atoms with Crippen LogP contribution < -0.4 is 10.2 Å². The zero-order valence-corrected chi connectivity index (χ0v) is 13.1. The second-order valence-electron chi connectivity index (χ2n) is 5.58. The van der Waals surface area contributed by atoms with E-state index in [-0.39, 0.29) is 11.6 Å². The fourth-order valence-corrected chi connectivity index (χ4v) is 3.66. The van der Waals surface area contributed by atoms with Gasteiger partial charge < -0.3 is 15.3 Å². The van der Waals surface area contributed by atoms with Gasteiger partial charge in [0.2, 0.25) is 5.91 Å². The maximum Gasteiger partial charge on any atom is 0.304 e. The number of carbonyl (C=O) groups excluding carboxylic acids is 1. The molecule has 1 unspecified atom stereocenters. The first kappa shape index (κ1) is 15.7. The molecule has 0 aliphatic carbocycles. The standard InChI is InChI=1S/C13H19N3O4S/c1-8(17)10-6-9(16(19)20)11(21-10)15-5-4-13(2,7-15)12(18)14-3/h6,8,17H,4-5,7H2,1-3H3,(H,14,18)/t8-,13?/m1/s1. The highest BCUT2D eigenvalue weighted by atomic mass is 32.1. The molecule has 2 atom stereocenters. The number of amides is 1. The van der Waals surface area contributed by atoms with Gasteiger partial charge >= 0.3 is 5.69 Å². The number of anilines is 1. The van der Waals surface area contributed by atoms with Gasteiger partial charge in [-0.3, -0.25) is 14.9 Å². The number of hydrogen-bond acceptors (Lipinski definition) is 6. The third-order valence-electron chi connectivity index (χ3n) is 3.86.